The highest BCUT2D eigenvalue weighted by atomic mass is 35.5. The standard InChI is InChI=1S/C17H13ClN2O2S/c1-11-2-4-12(5-3-11)15(21)10-23-17-20-19-16(22-17)13-6-8-14(18)9-7-13/h2-9H,10H2,1H3. The summed E-state index contributed by atoms with van der Waals surface area (Å²) in [5.74, 6) is 0.693. The van der Waals surface area contributed by atoms with Gasteiger partial charge in [-0.15, -0.1) is 10.2 Å². The van der Waals surface area contributed by atoms with Crippen LogP contribution >= 0.6 is 23.4 Å². The maximum absolute atomic E-state index is 12.1. The van der Waals surface area contributed by atoms with Gasteiger partial charge in [-0.05, 0) is 31.2 Å². The van der Waals surface area contributed by atoms with Crippen LogP contribution in [-0.4, -0.2) is 21.7 Å². The average molecular weight is 345 g/mol. The summed E-state index contributed by atoms with van der Waals surface area (Å²) in [4.78, 5) is 12.1. The summed E-state index contributed by atoms with van der Waals surface area (Å²) in [7, 11) is 0. The van der Waals surface area contributed by atoms with E-state index in [9.17, 15) is 4.79 Å². The van der Waals surface area contributed by atoms with Crippen molar-refractivity contribution in [3.63, 3.8) is 0 Å². The fraction of sp³-hybridized carbons (Fsp3) is 0.118. The Morgan fingerprint density at radius 2 is 1.78 bits per heavy atom. The number of hydrogen-bond donors (Lipinski definition) is 0. The molecule has 0 bridgehead atoms. The molecule has 3 aromatic rings. The van der Waals surface area contributed by atoms with Crippen LogP contribution in [0, 0.1) is 6.92 Å². The smallest absolute Gasteiger partial charge is 0.277 e. The summed E-state index contributed by atoms with van der Waals surface area (Å²) in [6.07, 6.45) is 0. The van der Waals surface area contributed by atoms with Crippen molar-refractivity contribution in [1.29, 1.82) is 0 Å². The van der Waals surface area contributed by atoms with Crippen molar-refractivity contribution in [2.24, 2.45) is 0 Å². The monoisotopic (exact) mass is 344 g/mol. The lowest BCUT2D eigenvalue weighted by Gasteiger charge is -1.99. The van der Waals surface area contributed by atoms with Gasteiger partial charge in [-0.3, -0.25) is 4.79 Å². The van der Waals surface area contributed by atoms with E-state index in [1.807, 2.05) is 43.3 Å². The number of rotatable bonds is 5. The second kappa shape index (κ2) is 6.98. The van der Waals surface area contributed by atoms with Crippen LogP contribution in [0.1, 0.15) is 15.9 Å². The third-order valence-electron chi connectivity index (χ3n) is 3.20. The number of carbonyl (C=O) groups is 1. The molecule has 0 aliphatic rings. The highest BCUT2D eigenvalue weighted by Gasteiger charge is 2.12. The minimum Gasteiger partial charge on any atom is -0.411 e. The first-order chi connectivity index (χ1) is 11.1. The lowest BCUT2D eigenvalue weighted by molar-refractivity contribution is 0.102. The zero-order valence-corrected chi connectivity index (χ0v) is 13.9. The molecule has 23 heavy (non-hydrogen) atoms. The van der Waals surface area contributed by atoms with Gasteiger partial charge in [-0.2, -0.15) is 0 Å². The van der Waals surface area contributed by atoms with Crippen LogP contribution in [0.25, 0.3) is 11.5 Å². The van der Waals surface area contributed by atoms with Crippen LogP contribution in [0.2, 0.25) is 5.02 Å². The topological polar surface area (TPSA) is 56.0 Å². The number of ketones is 1. The largest absolute Gasteiger partial charge is 0.411 e. The first kappa shape index (κ1) is 15.8. The van der Waals surface area contributed by atoms with E-state index in [0.717, 1.165) is 11.1 Å². The van der Waals surface area contributed by atoms with Crippen LogP contribution in [0.15, 0.2) is 58.2 Å². The van der Waals surface area contributed by atoms with Gasteiger partial charge >= 0.3 is 0 Å². The molecule has 1 heterocycles. The van der Waals surface area contributed by atoms with Crippen LogP contribution in [0.5, 0.6) is 0 Å². The zero-order chi connectivity index (χ0) is 16.2. The van der Waals surface area contributed by atoms with Gasteiger partial charge in [-0.25, -0.2) is 0 Å². The Balaban J connectivity index is 1.64. The molecule has 0 aliphatic carbocycles. The highest BCUT2D eigenvalue weighted by molar-refractivity contribution is 7.99. The fourth-order valence-corrected chi connectivity index (χ4v) is 2.71. The molecule has 0 N–H and O–H groups in total. The molecule has 2 aromatic carbocycles. The zero-order valence-electron chi connectivity index (χ0n) is 12.3. The summed E-state index contributed by atoms with van der Waals surface area (Å²) in [6, 6.07) is 14.6. The number of aryl methyl sites for hydroxylation is 1. The van der Waals surface area contributed by atoms with Gasteiger partial charge in [-0.1, -0.05) is 53.2 Å². The number of hydrogen-bond acceptors (Lipinski definition) is 5. The predicted octanol–water partition coefficient (Wildman–Crippen LogP) is 4.67. The number of halogens is 1. The van der Waals surface area contributed by atoms with E-state index < -0.39 is 0 Å². The summed E-state index contributed by atoms with van der Waals surface area (Å²) >= 11 is 7.08. The first-order valence-corrected chi connectivity index (χ1v) is 8.30. The van der Waals surface area contributed by atoms with Gasteiger partial charge in [0.25, 0.3) is 5.22 Å². The van der Waals surface area contributed by atoms with Crippen molar-refractivity contribution in [2.45, 2.75) is 12.1 Å². The van der Waals surface area contributed by atoms with E-state index in [-0.39, 0.29) is 11.5 Å². The van der Waals surface area contributed by atoms with Crippen molar-refractivity contribution in [2.75, 3.05) is 5.75 Å². The summed E-state index contributed by atoms with van der Waals surface area (Å²) < 4.78 is 5.56. The number of carbonyl (C=O) groups excluding carboxylic acids is 1. The maximum atomic E-state index is 12.1. The Morgan fingerprint density at radius 3 is 2.48 bits per heavy atom. The molecule has 0 saturated carbocycles. The van der Waals surface area contributed by atoms with Gasteiger partial charge in [0.05, 0.1) is 5.75 Å². The van der Waals surface area contributed by atoms with E-state index in [0.29, 0.717) is 21.7 Å². The van der Waals surface area contributed by atoms with Crippen LogP contribution in [0.4, 0.5) is 0 Å². The Morgan fingerprint density at radius 1 is 1.09 bits per heavy atom. The molecule has 0 fully saturated rings. The summed E-state index contributed by atoms with van der Waals surface area (Å²) in [6.45, 7) is 1.99. The lowest BCUT2D eigenvalue weighted by Crippen LogP contribution is -2.02. The molecule has 6 heteroatoms. The minimum atomic E-state index is 0.0289. The molecule has 4 nitrogen and oxygen atoms in total. The fourth-order valence-electron chi connectivity index (χ4n) is 1.93. The number of benzene rings is 2. The molecular formula is C17H13ClN2O2S. The minimum absolute atomic E-state index is 0.0289. The maximum Gasteiger partial charge on any atom is 0.277 e. The molecule has 0 saturated heterocycles. The molecule has 0 unspecified atom stereocenters. The summed E-state index contributed by atoms with van der Waals surface area (Å²) in [5.41, 5.74) is 2.60. The second-order valence-electron chi connectivity index (χ2n) is 4.96. The Kier molecular flexibility index (Phi) is 4.79. The number of nitrogens with zero attached hydrogens (tertiary/aromatic N) is 2. The molecule has 0 spiro atoms. The van der Waals surface area contributed by atoms with Gasteiger partial charge in [0.1, 0.15) is 0 Å². The first-order valence-electron chi connectivity index (χ1n) is 6.94. The molecule has 0 amide bonds. The second-order valence-corrected chi connectivity index (χ2v) is 6.32. The molecule has 116 valence electrons. The van der Waals surface area contributed by atoms with Crippen molar-refractivity contribution in [3.05, 3.63) is 64.7 Å². The Labute approximate surface area is 142 Å². The van der Waals surface area contributed by atoms with Crippen molar-refractivity contribution < 1.29 is 9.21 Å². The van der Waals surface area contributed by atoms with Gasteiger partial charge in [0, 0.05) is 16.1 Å². The molecule has 0 radical (unpaired) electrons. The quantitative estimate of drug-likeness (QED) is 0.497. The van der Waals surface area contributed by atoms with Crippen LogP contribution in [0.3, 0.4) is 0 Å². The molecule has 1 aromatic heterocycles. The molecule has 0 atom stereocenters. The molecule has 3 rings (SSSR count). The van der Waals surface area contributed by atoms with E-state index in [4.69, 9.17) is 16.0 Å². The predicted molar refractivity (Wildman–Crippen MR) is 91.0 cm³/mol. The van der Waals surface area contributed by atoms with Gasteiger partial charge < -0.3 is 4.42 Å². The van der Waals surface area contributed by atoms with Crippen LogP contribution < -0.4 is 0 Å². The van der Waals surface area contributed by atoms with Crippen molar-refractivity contribution in [1.82, 2.24) is 10.2 Å². The third kappa shape index (κ3) is 4.00. The van der Waals surface area contributed by atoms with E-state index in [1.54, 1.807) is 12.1 Å². The lowest BCUT2D eigenvalue weighted by atomic mass is 10.1. The number of thioether (sulfide) groups is 1. The van der Waals surface area contributed by atoms with Crippen molar-refractivity contribution in [3.8, 4) is 11.5 Å². The SMILES string of the molecule is Cc1ccc(C(=O)CSc2nnc(-c3ccc(Cl)cc3)o2)cc1. The van der Waals surface area contributed by atoms with Gasteiger partial charge in [0.2, 0.25) is 5.89 Å². The number of aromatic nitrogens is 2. The Hall–Kier alpha value is -2.11. The third-order valence-corrected chi connectivity index (χ3v) is 4.27. The molecule has 0 aliphatic heterocycles. The van der Waals surface area contributed by atoms with Gasteiger partial charge in [0.15, 0.2) is 5.78 Å². The normalized spacial score (nSPS) is 10.7. The van der Waals surface area contributed by atoms with Crippen molar-refractivity contribution >= 4 is 29.1 Å². The summed E-state index contributed by atoms with van der Waals surface area (Å²) in [5, 5.41) is 8.96. The Bertz CT molecular complexity index is 813. The molecular weight excluding hydrogens is 332 g/mol. The van der Waals surface area contributed by atoms with E-state index in [1.165, 1.54) is 11.8 Å². The highest BCUT2D eigenvalue weighted by Crippen LogP contribution is 2.24. The average Bonchev–Trinajstić information content (AvgIpc) is 3.03. The number of Topliss-reactive ketones (excluding diaryl/α,β-unsaturated/α-hetero) is 1. The van der Waals surface area contributed by atoms with E-state index >= 15 is 0 Å². The van der Waals surface area contributed by atoms with Crippen LogP contribution in [-0.2, 0) is 0 Å². The van der Waals surface area contributed by atoms with E-state index in [2.05, 4.69) is 10.2 Å².